The number of rotatable bonds is 6. The molecule has 168 valence electrons. The molecule has 2 N–H and O–H groups in total. The Hall–Kier alpha value is -4.40. The molecule has 0 aliphatic heterocycles. The van der Waals surface area contributed by atoms with E-state index >= 15 is 0 Å². The Balaban J connectivity index is 1.52. The van der Waals surface area contributed by atoms with Gasteiger partial charge in [0.05, 0.1) is 25.1 Å². The molecule has 1 aromatic heterocycles. The first-order valence-electron chi connectivity index (χ1n) is 9.95. The van der Waals surface area contributed by atoms with Crippen molar-refractivity contribution in [2.24, 2.45) is 0 Å². The lowest BCUT2D eigenvalue weighted by Gasteiger charge is -2.13. The van der Waals surface area contributed by atoms with Crippen molar-refractivity contribution < 1.29 is 23.4 Å². The van der Waals surface area contributed by atoms with E-state index in [0.29, 0.717) is 45.4 Å². The van der Waals surface area contributed by atoms with E-state index in [2.05, 4.69) is 20.6 Å². The standard InChI is InChI=1S/C24H21FN4O4/c1-14-10-17(8-9-19(14)29-24(30)28-16-6-4-15(25)5-7-16)33-23-18-11-21(31-2)22(32-3)12-20(18)26-13-27-23/h4-13H,1-3H3,(H2,28,29,30). The zero-order valence-corrected chi connectivity index (χ0v) is 18.2. The number of hydrogen-bond donors (Lipinski definition) is 2. The van der Waals surface area contributed by atoms with Crippen LogP contribution in [0.2, 0.25) is 0 Å². The van der Waals surface area contributed by atoms with Crippen LogP contribution in [0.25, 0.3) is 10.9 Å². The van der Waals surface area contributed by atoms with Gasteiger partial charge in [-0.05, 0) is 61.0 Å². The van der Waals surface area contributed by atoms with Crippen LogP contribution >= 0.6 is 0 Å². The van der Waals surface area contributed by atoms with Crippen molar-refractivity contribution in [3.05, 3.63) is 72.3 Å². The summed E-state index contributed by atoms with van der Waals surface area (Å²) < 4.78 is 29.7. The molecule has 0 saturated heterocycles. The number of nitrogens with zero attached hydrogens (tertiary/aromatic N) is 2. The minimum absolute atomic E-state index is 0.357. The summed E-state index contributed by atoms with van der Waals surface area (Å²) in [7, 11) is 3.11. The first-order chi connectivity index (χ1) is 16.0. The molecule has 0 aliphatic carbocycles. The molecule has 0 saturated carbocycles. The highest BCUT2D eigenvalue weighted by atomic mass is 19.1. The number of nitrogens with one attached hydrogen (secondary N) is 2. The summed E-state index contributed by atoms with van der Waals surface area (Å²) in [5.41, 5.74) is 2.50. The van der Waals surface area contributed by atoms with E-state index < -0.39 is 6.03 Å². The maximum absolute atomic E-state index is 13.0. The average Bonchev–Trinajstić information content (AvgIpc) is 2.81. The molecule has 0 spiro atoms. The van der Waals surface area contributed by atoms with Gasteiger partial charge in [0.15, 0.2) is 11.5 Å². The molecular formula is C24H21FN4O4. The number of aromatic nitrogens is 2. The minimum atomic E-state index is -0.443. The quantitative estimate of drug-likeness (QED) is 0.403. The molecule has 0 radical (unpaired) electrons. The predicted molar refractivity (Wildman–Crippen MR) is 123 cm³/mol. The van der Waals surface area contributed by atoms with Gasteiger partial charge in [0.1, 0.15) is 17.9 Å². The third-order valence-electron chi connectivity index (χ3n) is 4.87. The Kier molecular flexibility index (Phi) is 6.21. The lowest BCUT2D eigenvalue weighted by Crippen LogP contribution is -2.19. The van der Waals surface area contributed by atoms with E-state index in [-0.39, 0.29) is 5.82 Å². The third kappa shape index (κ3) is 4.93. The fourth-order valence-corrected chi connectivity index (χ4v) is 3.21. The molecule has 0 unspecified atom stereocenters. The number of carbonyl (C=O) groups is 1. The second kappa shape index (κ2) is 9.39. The summed E-state index contributed by atoms with van der Waals surface area (Å²) in [6.07, 6.45) is 1.41. The van der Waals surface area contributed by atoms with Crippen molar-refractivity contribution in [3.8, 4) is 23.1 Å². The summed E-state index contributed by atoms with van der Waals surface area (Å²) in [5.74, 6) is 1.61. The van der Waals surface area contributed by atoms with Gasteiger partial charge in [0, 0.05) is 17.4 Å². The summed E-state index contributed by atoms with van der Waals surface area (Å²) in [6.45, 7) is 1.84. The number of amides is 2. The predicted octanol–water partition coefficient (Wildman–Crippen LogP) is 5.53. The van der Waals surface area contributed by atoms with Crippen LogP contribution in [0.5, 0.6) is 23.1 Å². The van der Waals surface area contributed by atoms with Gasteiger partial charge in [-0.25, -0.2) is 19.2 Å². The molecular weight excluding hydrogens is 427 g/mol. The van der Waals surface area contributed by atoms with Crippen LogP contribution in [0, 0.1) is 12.7 Å². The number of aryl methyl sites for hydroxylation is 1. The molecule has 2 amide bonds. The molecule has 33 heavy (non-hydrogen) atoms. The lowest BCUT2D eigenvalue weighted by molar-refractivity contribution is 0.262. The van der Waals surface area contributed by atoms with E-state index in [1.165, 1.54) is 30.6 Å². The molecule has 0 atom stereocenters. The van der Waals surface area contributed by atoms with Crippen molar-refractivity contribution in [1.29, 1.82) is 0 Å². The fraction of sp³-hybridized carbons (Fsp3) is 0.125. The van der Waals surface area contributed by atoms with Crippen LogP contribution < -0.4 is 24.8 Å². The molecule has 0 bridgehead atoms. The van der Waals surface area contributed by atoms with E-state index in [9.17, 15) is 9.18 Å². The summed E-state index contributed by atoms with van der Waals surface area (Å²) in [4.78, 5) is 20.8. The number of carbonyl (C=O) groups excluding carboxylic acids is 1. The zero-order chi connectivity index (χ0) is 23.4. The monoisotopic (exact) mass is 448 g/mol. The number of benzene rings is 3. The number of fused-ring (bicyclic) bond motifs is 1. The van der Waals surface area contributed by atoms with Gasteiger partial charge < -0.3 is 24.8 Å². The van der Waals surface area contributed by atoms with Crippen LogP contribution in [0.3, 0.4) is 0 Å². The summed E-state index contributed by atoms with van der Waals surface area (Å²) in [6, 6.07) is 13.8. The van der Waals surface area contributed by atoms with Gasteiger partial charge in [-0.1, -0.05) is 0 Å². The van der Waals surface area contributed by atoms with Crippen molar-refractivity contribution in [1.82, 2.24) is 9.97 Å². The number of urea groups is 1. The van der Waals surface area contributed by atoms with Gasteiger partial charge >= 0.3 is 6.03 Å². The van der Waals surface area contributed by atoms with E-state index in [4.69, 9.17) is 14.2 Å². The Morgan fingerprint density at radius 3 is 2.33 bits per heavy atom. The molecule has 0 fully saturated rings. The first-order valence-corrected chi connectivity index (χ1v) is 9.95. The molecule has 9 heteroatoms. The number of ether oxygens (including phenoxy) is 3. The van der Waals surface area contributed by atoms with Gasteiger partial charge in [0.2, 0.25) is 5.88 Å². The Bertz CT molecular complexity index is 1310. The maximum Gasteiger partial charge on any atom is 0.323 e. The fourth-order valence-electron chi connectivity index (χ4n) is 3.21. The maximum atomic E-state index is 13.0. The molecule has 8 nitrogen and oxygen atoms in total. The molecule has 3 aromatic carbocycles. The Morgan fingerprint density at radius 2 is 1.64 bits per heavy atom. The molecule has 4 aromatic rings. The summed E-state index contributed by atoms with van der Waals surface area (Å²) in [5, 5.41) is 6.08. The second-order valence-electron chi connectivity index (χ2n) is 7.07. The average molecular weight is 448 g/mol. The second-order valence-corrected chi connectivity index (χ2v) is 7.07. The van der Waals surface area contributed by atoms with Crippen LogP contribution in [0.15, 0.2) is 60.9 Å². The number of hydrogen-bond acceptors (Lipinski definition) is 6. The largest absolute Gasteiger partial charge is 0.493 e. The van der Waals surface area contributed by atoms with Gasteiger partial charge in [-0.2, -0.15) is 0 Å². The van der Waals surface area contributed by atoms with Crippen LogP contribution in [-0.4, -0.2) is 30.2 Å². The number of methoxy groups -OCH3 is 2. The number of halogens is 1. The lowest BCUT2D eigenvalue weighted by atomic mass is 10.2. The van der Waals surface area contributed by atoms with Gasteiger partial charge in [0.25, 0.3) is 0 Å². The van der Waals surface area contributed by atoms with Gasteiger partial charge in [-0.15, -0.1) is 0 Å². The Labute approximate surface area is 189 Å². The highest BCUT2D eigenvalue weighted by Crippen LogP contribution is 2.36. The molecule has 4 rings (SSSR count). The highest BCUT2D eigenvalue weighted by molar-refractivity contribution is 6.00. The van der Waals surface area contributed by atoms with Crippen molar-refractivity contribution in [3.63, 3.8) is 0 Å². The zero-order valence-electron chi connectivity index (χ0n) is 18.2. The summed E-state index contributed by atoms with van der Waals surface area (Å²) >= 11 is 0. The number of anilines is 2. The van der Waals surface area contributed by atoms with Crippen molar-refractivity contribution in [2.75, 3.05) is 24.9 Å². The minimum Gasteiger partial charge on any atom is -0.493 e. The van der Waals surface area contributed by atoms with Crippen molar-refractivity contribution >= 4 is 28.3 Å². The van der Waals surface area contributed by atoms with E-state index in [1.807, 2.05) is 6.92 Å². The van der Waals surface area contributed by atoms with Crippen LogP contribution in [-0.2, 0) is 0 Å². The SMILES string of the molecule is COc1cc2ncnc(Oc3ccc(NC(=O)Nc4ccc(F)cc4)c(C)c3)c2cc1OC. The third-order valence-corrected chi connectivity index (χ3v) is 4.87. The van der Waals surface area contributed by atoms with E-state index in [0.717, 1.165) is 5.56 Å². The smallest absolute Gasteiger partial charge is 0.323 e. The van der Waals surface area contributed by atoms with Gasteiger partial charge in [-0.3, -0.25) is 0 Å². The van der Waals surface area contributed by atoms with E-state index in [1.54, 1.807) is 44.6 Å². The first kappa shape index (κ1) is 21.8. The van der Waals surface area contributed by atoms with Crippen LogP contribution in [0.1, 0.15) is 5.56 Å². The van der Waals surface area contributed by atoms with Crippen LogP contribution in [0.4, 0.5) is 20.6 Å². The highest BCUT2D eigenvalue weighted by Gasteiger charge is 2.13. The van der Waals surface area contributed by atoms with Crippen molar-refractivity contribution in [2.45, 2.75) is 6.92 Å². The topological polar surface area (TPSA) is 94.6 Å². The molecule has 0 aliphatic rings. The molecule has 1 heterocycles. The Morgan fingerprint density at radius 1 is 0.909 bits per heavy atom. The normalized spacial score (nSPS) is 10.5.